The molecule has 5 nitrogen and oxygen atoms in total. The van der Waals surface area contributed by atoms with Gasteiger partial charge in [0.15, 0.2) is 0 Å². The summed E-state index contributed by atoms with van der Waals surface area (Å²) in [6.45, 7) is 9.11. The number of aliphatic carboxylic acids is 1. The molecule has 0 amide bonds. The van der Waals surface area contributed by atoms with Gasteiger partial charge in [-0.2, -0.15) is 5.26 Å². The number of hydrogen-bond acceptors (Lipinski definition) is 4. The second kappa shape index (κ2) is 9.09. The normalized spacial score (nSPS) is 11.6. The molecule has 0 aliphatic carbocycles. The molecule has 0 saturated carbocycles. The van der Waals surface area contributed by atoms with E-state index in [0.717, 1.165) is 11.3 Å². The molecule has 2 aromatic carbocycles. The zero-order valence-corrected chi connectivity index (χ0v) is 16.7. The summed E-state index contributed by atoms with van der Waals surface area (Å²) in [6.07, 6.45) is 1.30. The molecule has 0 atom stereocenters. The van der Waals surface area contributed by atoms with Crippen LogP contribution in [0.4, 0.5) is 0 Å². The minimum Gasteiger partial charge on any atom is -0.490 e. The molecule has 0 spiro atoms. The van der Waals surface area contributed by atoms with Crippen molar-refractivity contribution in [2.45, 2.75) is 33.1 Å². The molecule has 0 aliphatic heterocycles. The number of carboxylic acid groups (broad SMARTS) is 1. The first-order chi connectivity index (χ1) is 13.2. The highest BCUT2D eigenvalue weighted by Gasteiger charge is 2.19. The quantitative estimate of drug-likeness (QED) is 0.427. The smallest absolute Gasteiger partial charge is 0.346 e. The molecule has 2 rings (SSSR count). The Kier molecular flexibility index (Phi) is 6.84. The molecule has 0 saturated heterocycles. The molecule has 146 valence electrons. The summed E-state index contributed by atoms with van der Waals surface area (Å²) < 4.78 is 11.7. The van der Waals surface area contributed by atoms with Gasteiger partial charge >= 0.3 is 5.97 Å². The van der Waals surface area contributed by atoms with E-state index in [2.05, 4.69) is 33.8 Å². The zero-order valence-electron chi connectivity index (χ0n) is 16.7. The molecule has 0 bridgehead atoms. The van der Waals surface area contributed by atoms with Crippen LogP contribution in [0.5, 0.6) is 11.5 Å². The number of rotatable bonds is 7. The highest BCUT2D eigenvalue weighted by atomic mass is 16.5. The monoisotopic (exact) mass is 379 g/mol. The summed E-state index contributed by atoms with van der Waals surface area (Å²) in [4.78, 5) is 11.0. The lowest BCUT2D eigenvalue weighted by Gasteiger charge is -2.23. The Balaban J connectivity index is 2.07. The van der Waals surface area contributed by atoms with Gasteiger partial charge in [0, 0.05) is 5.56 Å². The lowest BCUT2D eigenvalue weighted by molar-refractivity contribution is -0.132. The van der Waals surface area contributed by atoms with Gasteiger partial charge in [0.05, 0.1) is 0 Å². The largest absolute Gasteiger partial charge is 0.490 e. The fourth-order valence-electron chi connectivity index (χ4n) is 2.69. The van der Waals surface area contributed by atoms with Gasteiger partial charge < -0.3 is 14.6 Å². The molecule has 0 fully saturated rings. The number of para-hydroxylation sites is 1. The Labute approximate surface area is 165 Å². The predicted octanol–water partition coefficient (Wildman–Crippen LogP) is 4.74. The summed E-state index contributed by atoms with van der Waals surface area (Å²) in [5.41, 5.74) is 2.47. The van der Waals surface area contributed by atoms with Gasteiger partial charge in [-0.25, -0.2) is 4.79 Å². The van der Waals surface area contributed by atoms with Crippen LogP contribution in [0.15, 0.2) is 48.0 Å². The highest BCUT2D eigenvalue weighted by molar-refractivity contribution is 5.96. The van der Waals surface area contributed by atoms with Crippen LogP contribution in [-0.4, -0.2) is 24.3 Å². The lowest BCUT2D eigenvalue weighted by Crippen LogP contribution is -2.16. The number of hydrogen-bond donors (Lipinski definition) is 1. The Hall–Kier alpha value is -3.26. The van der Waals surface area contributed by atoms with E-state index in [1.165, 1.54) is 11.6 Å². The number of nitriles is 1. The minimum absolute atomic E-state index is 0.0376. The number of nitrogens with zero attached hydrogens (tertiary/aromatic N) is 1. The Morgan fingerprint density at radius 3 is 2.36 bits per heavy atom. The molecule has 0 aromatic heterocycles. The first-order valence-electron chi connectivity index (χ1n) is 9.03. The maximum absolute atomic E-state index is 11.0. The van der Waals surface area contributed by atoms with Gasteiger partial charge in [0.25, 0.3) is 0 Å². The van der Waals surface area contributed by atoms with Crippen LogP contribution in [0.1, 0.15) is 37.5 Å². The fraction of sp³-hybridized carbons (Fsp3) is 0.304. The Bertz CT molecular complexity index is 917. The number of carboxylic acids is 1. The van der Waals surface area contributed by atoms with Crippen LogP contribution in [-0.2, 0) is 10.2 Å². The molecular formula is C23H25NO4. The highest BCUT2D eigenvalue weighted by Crippen LogP contribution is 2.32. The van der Waals surface area contributed by atoms with Crippen LogP contribution in [0, 0.1) is 18.3 Å². The summed E-state index contributed by atoms with van der Waals surface area (Å²) in [6, 6.07) is 14.8. The average Bonchev–Trinajstić information content (AvgIpc) is 2.64. The van der Waals surface area contributed by atoms with Crippen molar-refractivity contribution < 1.29 is 19.4 Å². The SMILES string of the molecule is Cc1ccc(OCCOc2ccccc2C=C(C#N)C(=O)O)c(C(C)(C)C)c1. The van der Waals surface area contributed by atoms with E-state index in [0.29, 0.717) is 17.9 Å². The zero-order chi connectivity index (χ0) is 20.7. The van der Waals surface area contributed by atoms with E-state index >= 15 is 0 Å². The summed E-state index contributed by atoms with van der Waals surface area (Å²) in [7, 11) is 0. The van der Waals surface area contributed by atoms with Crippen LogP contribution in [0.2, 0.25) is 0 Å². The summed E-state index contributed by atoms with van der Waals surface area (Å²) in [5, 5.41) is 18.0. The molecular weight excluding hydrogens is 354 g/mol. The molecule has 2 aromatic rings. The lowest BCUT2D eigenvalue weighted by atomic mass is 9.85. The first-order valence-corrected chi connectivity index (χ1v) is 9.03. The summed E-state index contributed by atoms with van der Waals surface area (Å²) in [5.74, 6) is 0.0577. The van der Waals surface area contributed by atoms with E-state index < -0.39 is 5.97 Å². The molecule has 0 aliphatic rings. The molecule has 0 unspecified atom stereocenters. The summed E-state index contributed by atoms with van der Waals surface area (Å²) >= 11 is 0. The number of aryl methyl sites for hydroxylation is 1. The van der Waals surface area contributed by atoms with Crippen molar-refractivity contribution in [3.63, 3.8) is 0 Å². The van der Waals surface area contributed by atoms with Crippen molar-refractivity contribution in [2.75, 3.05) is 13.2 Å². The second-order valence-electron chi connectivity index (χ2n) is 7.46. The third-order valence-electron chi connectivity index (χ3n) is 4.11. The number of ether oxygens (including phenoxy) is 2. The standard InChI is InChI=1S/C23H25NO4/c1-16-9-10-21(19(13-16)23(2,3)4)28-12-11-27-20-8-6-5-7-17(20)14-18(15-24)22(25)26/h5-10,13-14H,11-12H2,1-4H3,(H,25,26). The van der Waals surface area contributed by atoms with E-state index in [1.54, 1.807) is 30.3 Å². The topological polar surface area (TPSA) is 79.5 Å². The van der Waals surface area contributed by atoms with Crippen molar-refractivity contribution in [3.05, 3.63) is 64.7 Å². The molecule has 28 heavy (non-hydrogen) atoms. The van der Waals surface area contributed by atoms with Crippen molar-refractivity contribution in [1.82, 2.24) is 0 Å². The number of benzene rings is 2. The van der Waals surface area contributed by atoms with Gasteiger partial charge in [-0.15, -0.1) is 0 Å². The van der Waals surface area contributed by atoms with Crippen LogP contribution < -0.4 is 9.47 Å². The fourth-order valence-corrected chi connectivity index (χ4v) is 2.69. The van der Waals surface area contributed by atoms with Crippen molar-refractivity contribution >= 4 is 12.0 Å². The van der Waals surface area contributed by atoms with Gasteiger partial charge in [-0.1, -0.05) is 56.7 Å². The van der Waals surface area contributed by atoms with E-state index in [-0.39, 0.29) is 17.6 Å². The molecule has 0 heterocycles. The Morgan fingerprint density at radius 1 is 1.11 bits per heavy atom. The van der Waals surface area contributed by atoms with Gasteiger partial charge in [-0.05, 0) is 36.1 Å². The van der Waals surface area contributed by atoms with Gasteiger partial charge in [0.1, 0.15) is 36.4 Å². The second-order valence-corrected chi connectivity index (χ2v) is 7.46. The molecule has 0 radical (unpaired) electrons. The van der Waals surface area contributed by atoms with Crippen LogP contribution in [0.3, 0.4) is 0 Å². The van der Waals surface area contributed by atoms with Crippen molar-refractivity contribution in [1.29, 1.82) is 5.26 Å². The van der Waals surface area contributed by atoms with Crippen LogP contribution in [0.25, 0.3) is 6.08 Å². The third kappa shape index (κ3) is 5.62. The number of carbonyl (C=O) groups is 1. The van der Waals surface area contributed by atoms with Crippen LogP contribution >= 0.6 is 0 Å². The average molecular weight is 379 g/mol. The van der Waals surface area contributed by atoms with Crippen molar-refractivity contribution in [3.8, 4) is 17.6 Å². The minimum atomic E-state index is -1.27. The molecule has 1 N–H and O–H groups in total. The van der Waals surface area contributed by atoms with E-state index in [1.807, 2.05) is 12.1 Å². The Morgan fingerprint density at radius 2 is 1.75 bits per heavy atom. The van der Waals surface area contributed by atoms with E-state index in [9.17, 15) is 4.79 Å². The first kappa shape index (κ1) is 21.0. The van der Waals surface area contributed by atoms with Gasteiger partial charge in [-0.3, -0.25) is 0 Å². The maximum Gasteiger partial charge on any atom is 0.346 e. The predicted molar refractivity (Wildman–Crippen MR) is 109 cm³/mol. The van der Waals surface area contributed by atoms with Gasteiger partial charge in [0.2, 0.25) is 0 Å². The third-order valence-corrected chi connectivity index (χ3v) is 4.11. The maximum atomic E-state index is 11.0. The molecule has 5 heteroatoms. The van der Waals surface area contributed by atoms with Crippen molar-refractivity contribution in [2.24, 2.45) is 0 Å². The van der Waals surface area contributed by atoms with E-state index in [4.69, 9.17) is 19.8 Å².